The topological polar surface area (TPSA) is 344 Å². The van der Waals surface area contributed by atoms with Crippen LogP contribution < -0.4 is 16.0 Å². The van der Waals surface area contributed by atoms with Crippen LogP contribution in [0.2, 0.25) is 0 Å². The van der Waals surface area contributed by atoms with Crippen LogP contribution >= 0.6 is 0 Å². The molecule has 410 valence electrons. The van der Waals surface area contributed by atoms with Gasteiger partial charge in [-0.25, -0.2) is 14.4 Å². The predicted molar refractivity (Wildman–Crippen MR) is 269 cm³/mol. The van der Waals surface area contributed by atoms with Crippen LogP contribution in [0.3, 0.4) is 0 Å². The van der Waals surface area contributed by atoms with E-state index in [1.165, 1.54) is 6.08 Å². The molecular formula is C50H74N8O16. The lowest BCUT2D eigenvalue weighted by Gasteiger charge is -2.32. The molecule has 24 heteroatoms. The number of carboxylic acids is 6. The molecule has 0 unspecified atom stereocenters. The van der Waals surface area contributed by atoms with E-state index in [0.717, 1.165) is 5.56 Å². The first-order chi connectivity index (χ1) is 35.3. The van der Waals surface area contributed by atoms with Crippen LogP contribution in [-0.2, 0) is 49.7 Å². The second-order valence-corrected chi connectivity index (χ2v) is 17.8. The largest absolute Gasteiger partial charge is 0.481 e. The van der Waals surface area contributed by atoms with E-state index in [2.05, 4.69) is 22.5 Å². The van der Waals surface area contributed by atoms with Gasteiger partial charge in [-0.15, -0.1) is 0 Å². The van der Waals surface area contributed by atoms with Crippen molar-refractivity contribution in [1.29, 1.82) is 0 Å². The number of urea groups is 1. The number of hydrogen-bond donors (Lipinski definition) is 9. The Kier molecular flexibility index (Phi) is 30.7. The van der Waals surface area contributed by atoms with Crippen molar-refractivity contribution in [2.45, 2.75) is 89.3 Å². The number of carboxylic acid groups (broad SMARTS) is 6. The number of amides is 4. The summed E-state index contributed by atoms with van der Waals surface area (Å²) in [7, 11) is 0. The molecule has 1 aliphatic heterocycles. The molecule has 2 atom stereocenters. The fraction of sp³-hybridized carbons (Fsp3) is 0.560. The van der Waals surface area contributed by atoms with Gasteiger partial charge < -0.3 is 51.5 Å². The van der Waals surface area contributed by atoms with Crippen LogP contribution in [0.4, 0.5) is 4.79 Å². The molecule has 0 spiro atoms. The molecule has 0 aromatic heterocycles. The second kappa shape index (κ2) is 36.0. The Bertz CT molecular complexity index is 2050. The number of allylic oxidation sites excluding steroid dienone is 3. The Balaban J connectivity index is 1.85. The quantitative estimate of drug-likeness (QED) is 0.0268. The Morgan fingerprint density at radius 1 is 0.595 bits per heavy atom. The standard InChI is InChI=1S/C50H74N8O16/c1-2-38(16-8-4-9-17-39(59)33-54-24-26-55(34-44(63)64)28-30-57(36-46(67)68)31-29-56(27-25-54)35-45(65)66)47(69)51-22-12-5-10-19-42(60)58(32-37-14-6-3-7-15-37)23-13-11-18-40(48(70)71)52-50(74)53-41(49(72)73)20-21-43(61)62/h2-4,6-8,14-16,40-41H,1,5,9-13,17-36H2,(H,51,69)(H,61,62)(H,63,64)(H,65,66)(H,67,68)(H,70,71)(H,72,73)(H2,52,53,74)/b8-4+,38-16+/t40-,41-/m0/s1. The van der Waals surface area contributed by atoms with Gasteiger partial charge in [0.05, 0.1) is 26.2 Å². The monoisotopic (exact) mass is 1040 g/mol. The van der Waals surface area contributed by atoms with Gasteiger partial charge in [0.25, 0.3) is 5.91 Å². The Morgan fingerprint density at radius 2 is 1.11 bits per heavy atom. The number of aliphatic carboxylic acids is 6. The average molecular weight is 1040 g/mol. The Hall–Kier alpha value is -7.02. The summed E-state index contributed by atoms with van der Waals surface area (Å²) in [5, 5.41) is 63.3. The van der Waals surface area contributed by atoms with Gasteiger partial charge >= 0.3 is 41.8 Å². The van der Waals surface area contributed by atoms with Gasteiger partial charge in [0.1, 0.15) is 17.9 Å². The van der Waals surface area contributed by atoms with Gasteiger partial charge in [0.2, 0.25) is 5.91 Å². The Morgan fingerprint density at radius 3 is 1.59 bits per heavy atom. The Labute approximate surface area is 430 Å². The predicted octanol–water partition coefficient (Wildman–Crippen LogP) is 1.43. The maximum absolute atomic E-state index is 13.4. The van der Waals surface area contributed by atoms with Gasteiger partial charge in [0.15, 0.2) is 0 Å². The number of nitrogens with zero attached hydrogens (tertiary/aromatic N) is 5. The molecule has 1 saturated heterocycles. The fourth-order valence-electron chi connectivity index (χ4n) is 7.79. The molecule has 1 aromatic rings. The summed E-state index contributed by atoms with van der Waals surface area (Å²) in [4.78, 5) is 129. The van der Waals surface area contributed by atoms with Gasteiger partial charge in [-0.2, -0.15) is 0 Å². The van der Waals surface area contributed by atoms with Crippen LogP contribution in [0.25, 0.3) is 0 Å². The molecule has 1 aliphatic rings. The highest BCUT2D eigenvalue weighted by Crippen LogP contribution is 2.13. The van der Waals surface area contributed by atoms with Crippen molar-refractivity contribution >= 4 is 59.4 Å². The van der Waals surface area contributed by atoms with E-state index in [1.54, 1.807) is 37.8 Å². The lowest BCUT2D eigenvalue weighted by atomic mass is 10.1. The minimum atomic E-state index is -1.53. The van der Waals surface area contributed by atoms with Gasteiger partial charge in [0, 0.05) is 96.8 Å². The minimum absolute atomic E-state index is 0.0173. The average Bonchev–Trinajstić information content (AvgIpc) is 3.33. The fourth-order valence-corrected chi connectivity index (χ4v) is 7.79. The lowest BCUT2D eigenvalue weighted by Crippen LogP contribution is -2.51. The third-order valence-electron chi connectivity index (χ3n) is 11.8. The number of unbranched alkanes of at least 4 members (excludes halogenated alkanes) is 3. The molecule has 74 heavy (non-hydrogen) atoms. The number of hydrogen-bond acceptors (Lipinski definition) is 14. The van der Waals surface area contributed by atoms with Crippen molar-refractivity contribution in [3.63, 3.8) is 0 Å². The van der Waals surface area contributed by atoms with Crippen LogP contribution in [0.1, 0.15) is 76.2 Å². The summed E-state index contributed by atoms with van der Waals surface area (Å²) in [5.74, 6) is -7.76. The molecule has 4 amide bonds. The molecule has 1 heterocycles. The highest BCUT2D eigenvalue weighted by atomic mass is 16.4. The van der Waals surface area contributed by atoms with Gasteiger partial charge in [-0.05, 0) is 56.6 Å². The molecule has 0 bridgehead atoms. The first-order valence-corrected chi connectivity index (χ1v) is 24.7. The number of carbonyl (C=O) groups excluding carboxylic acids is 4. The number of ketones is 1. The summed E-state index contributed by atoms with van der Waals surface area (Å²) < 4.78 is 0. The zero-order valence-electron chi connectivity index (χ0n) is 41.9. The molecule has 9 N–H and O–H groups in total. The van der Waals surface area contributed by atoms with E-state index < -0.39 is 66.8 Å². The summed E-state index contributed by atoms with van der Waals surface area (Å²) in [6, 6.07) is 5.35. The first-order valence-electron chi connectivity index (χ1n) is 24.7. The number of carbonyl (C=O) groups is 10. The maximum atomic E-state index is 13.4. The smallest absolute Gasteiger partial charge is 0.326 e. The second-order valence-electron chi connectivity index (χ2n) is 17.8. The minimum Gasteiger partial charge on any atom is -0.481 e. The number of nitrogens with one attached hydrogen (secondary N) is 3. The van der Waals surface area contributed by atoms with Crippen molar-refractivity contribution < 1.29 is 78.6 Å². The maximum Gasteiger partial charge on any atom is 0.326 e. The van der Waals surface area contributed by atoms with E-state index in [9.17, 15) is 73.5 Å². The molecule has 0 aliphatic carbocycles. The highest BCUT2D eigenvalue weighted by molar-refractivity contribution is 5.96. The van der Waals surface area contributed by atoms with E-state index in [4.69, 9.17) is 5.11 Å². The molecule has 2 rings (SSSR count). The van der Waals surface area contributed by atoms with Crippen molar-refractivity contribution in [3.05, 3.63) is 72.4 Å². The van der Waals surface area contributed by atoms with E-state index in [0.29, 0.717) is 89.9 Å². The third-order valence-corrected chi connectivity index (χ3v) is 11.8. The van der Waals surface area contributed by atoms with Crippen LogP contribution in [0.15, 0.2) is 66.8 Å². The van der Waals surface area contributed by atoms with Gasteiger partial charge in [-0.1, -0.05) is 61.6 Å². The van der Waals surface area contributed by atoms with Crippen LogP contribution in [0.5, 0.6) is 0 Å². The molecule has 1 fully saturated rings. The first kappa shape index (κ1) is 63.1. The van der Waals surface area contributed by atoms with Crippen molar-refractivity contribution in [1.82, 2.24) is 40.4 Å². The SMILES string of the molecule is C=C/C(=C\C=C\CCC(=O)CN1CCN(CC(=O)O)CCN(CC(=O)O)CCN(CC(=O)O)CC1)C(=O)NCCCCCC(=O)N(CCCC[C@H](NC(=O)N[C@@H](CCC(=O)O)C(=O)O)C(=O)O)Cc1ccccc1. The number of rotatable bonds is 34. The lowest BCUT2D eigenvalue weighted by molar-refractivity contribution is -0.141. The summed E-state index contributed by atoms with van der Waals surface area (Å²) >= 11 is 0. The summed E-state index contributed by atoms with van der Waals surface area (Å²) in [5.41, 5.74) is 1.19. The zero-order chi connectivity index (χ0) is 54.8. The number of Topliss-reactive ketones (excluding diaryl/α,β-unsaturated/α-hetero) is 1. The van der Waals surface area contributed by atoms with Crippen LogP contribution in [-0.4, -0.2) is 218 Å². The highest BCUT2D eigenvalue weighted by Gasteiger charge is 2.26. The summed E-state index contributed by atoms with van der Waals surface area (Å²) in [6.07, 6.45) is 8.68. The molecular weight excluding hydrogens is 969 g/mol. The number of benzene rings is 1. The van der Waals surface area contributed by atoms with Crippen molar-refractivity contribution in [2.24, 2.45) is 0 Å². The molecule has 0 saturated carbocycles. The normalized spacial score (nSPS) is 15.4. The molecule has 0 radical (unpaired) electrons. The van der Waals surface area contributed by atoms with Crippen molar-refractivity contribution in [2.75, 3.05) is 91.6 Å². The van der Waals surface area contributed by atoms with E-state index in [-0.39, 0.29) is 89.2 Å². The zero-order valence-corrected chi connectivity index (χ0v) is 41.9. The summed E-state index contributed by atoms with van der Waals surface area (Å²) in [6.45, 7) is 6.24. The molecule has 1 aromatic carbocycles. The van der Waals surface area contributed by atoms with E-state index >= 15 is 0 Å². The van der Waals surface area contributed by atoms with Crippen molar-refractivity contribution in [3.8, 4) is 0 Å². The molecule has 24 nitrogen and oxygen atoms in total. The third kappa shape index (κ3) is 28.9. The van der Waals surface area contributed by atoms with Crippen LogP contribution in [0, 0.1) is 0 Å². The van der Waals surface area contributed by atoms with E-state index in [1.807, 2.05) is 35.2 Å². The van der Waals surface area contributed by atoms with Gasteiger partial charge in [-0.3, -0.25) is 53.2 Å².